The van der Waals surface area contributed by atoms with Gasteiger partial charge >= 0.3 is 0 Å². The van der Waals surface area contributed by atoms with Crippen LogP contribution in [0.3, 0.4) is 0 Å². The lowest BCUT2D eigenvalue weighted by Crippen LogP contribution is -2.54. The molecule has 2 heterocycles. The highest BCUT2D eigenvalue weighted by Gasteiger charge is 2.29. The average Bonchev–Trinajstić information content (AvgIpc) is 2.85. The Kier molecular flexibility index (Phi) is 4.26. The van der Waals surface area contributed by atoms with E-state index in [0.29, 0.717) is 24.7 Å². The number of hydrogen-bond acceptors (Lipinski definition) is 3. The number of hydrogen-bond donors (Lipinski definition) is 0. The molecule has 3 rings (SSSR count). The second kappa shape index (κ2) is 6.20. The molecule has 1 saturated heterocycles. The fourth-order valence-corrected chi connectivity index (χ4v) is 3.19. The van der Waals surface area contributed by atoms with E-state index in [1.165, 1.54) is 16.8 Å². The summed E-state index contributed by atoms with van der Waals surface area (Å²) in [6, 6.07) is 6.60. The van der Waals surface area contributed by atoms with Crippen LogP contribution in [0.2, 0.25) is 5.02 Å². The standard InChI is InChI=1S/C16H18ClFN4O/c1-11-9-21(16(23)15-14(17)10-20(2)19-15)6-7-22(11)13-5-3-4-12(18)8-13/h3-5,8,10-11H,6-7,9H2,1-2H3/t11-/m1/s1. The summed E-state index contributed by atoms with van der Waals surface area (Å²) in [5.41, 5.74) is 1.11. The molecular weight excluding hydrogens is 319 g/mol. The molecule has 0 unspecified atom stereocenters. The molecule has 122 valence electrons. The van der Waals surface area contributed by atoms with Gasteiger partial charge in [0, 0.05) is 44.6 Å². The molecule has 1 fully saturated rings. The van der Waals surface area contributed by atoms with Crippen molar-refractivity contribution in [1.82, 2.24) is 14.7 Å². The van der Waals surface area contributed by atoms with Crippen molar-refractivity contribution < 1.29 is 9.18 Å². The Hall–Kier alpha value is -2.08. The van der Waals surface area contributed by atoms with Gasteiger partial charge in [0.15, 0.2) is 5.69 Å². The number of halogens is 2. The molecule has 0 aliphatic carbocycles. The zero-order valence-electron chi connectivity index (χ0n) is 13.0. The van der Waals surface area contributed by atoms with Crippen LogP contribution < -0.4 is 4.90 Å². The predicted molar refractivity (Wildman–Crippen MR) is 87.3 cm³/mol. The van der Waals surface area contributed by atoms with E-state index in [9.17, 15) is 9.18 Å². The highest BCUT2D eigenvalue weighted by Crippen LogP contribution is 2.23. The van der Waals surface area contributed by atoms with Gasteiger partial charge in [0.25, 0.3) is 5.91 Å². The van der Waals surface area contributed by atoms with E-state index in [1.54, 1.807) is 24.2 Å². The molecule has 1 aliphatic rings. The number of carbonyl (C=O) groups is 1. The van der Waals surface area contributed by atoms with Gasteiger partial charge in [-0.05, 0) is 25.1 Å². The van der Waals surface area contributed by atoms with Crippen LogP contribution in [0.25, 0.3) is 0 Å². The number of anilines is 1. The lowest BCUT2D eigenvalue weighted by atomic mass is 10.1. The SMILES string of the molecule is C[C@@H]1CN(C(=O)c2nn(C)cc2Cl)CCN1c1cccc(F)c1. The van der Waals surface area contributed by atoms with E-state index in [-0.39, 0.29) is 23.5 Å². The first-order valence-electron chi connectivity index (χ1n) is 7.46. The minimum Gasteiger partial charge on any atom is -0.365 e. The molecule has 0 N–H and O–H groups in total. The summed E-state index contributed by atoms with van der Waals surface area (Å²) in [4.78, 5) is 16.4. The Morgan fingerprint density at radius 2 is 2.17 bits per heavy atom. The summed E-state index contributed by atoms with van der Waals surface area (Å²) < 4.78 is 14.9. The molecule has 1 amide bonds. The third-order valence-electron chi connectivity index (χ3n) is 4.04. The molecule has 1 aromatic carbocycles. The van der Waals surface area contributed by atoms with Crippen molar-refractivity contribution in [2.45, 2.75) is 13.0 Å². The van der Waals surface area contributed by atoms with E-state index >= 15 is 0 Å². The van der Waals surface area contributed by atoms with Crippen LogP contribution in [0.4, 0.5) is 10.1 Å². The lowest BCUT2D eigenvalue weighted by molar-refractivity contribution is 0.0719. The lowest BCUT2D eigenvalue weighted by Gasteiger charge is -2.41. The van der Waals surface area contributed by atoms with Gasteiger partial charge < -0.3 is 9.80 Å². The molecule has 0 spiro atoms. The van der Waals surface area contributed by atoms with Gasteiger partial charge in [-0.1, -0.05) is 17.7 Å². The molecule has 1 aromatic heterocycles. The molecule has 5 nitrogen and oxygen atoms in total. The van der Waals surface area contributed by atoms with Crippen molar-refractivity contribution in [2.24, 2.45) is 7.05 Å². The summed E-state index contributed by atoms with van der Waals surface area (Å²) in [7, 11) is 1.73. The van der Waals surface area contributed by atoms with Crippen LogP contribution in [-0.4, -0.2) is 46.3 Å². The number of rotatable bonds is 2. The van der Waals surface area contributed by atoms with Crippen molar-refractivity contribution in [3.05, 3.63) is 47.0 Å². The summed E-state index contributed by atoms with van der Waals surface area (Å²) in [5, 5.41) is 4.49. The zero-order valence-corrected chi connectivity index (χ0v) is 13.8. The van der Waals surface area contributed by atoms with Crippen molar-refractivity contribution in [3.63, 3.8) is 0 Å². The number of carbonyl (C=O) groups excluding carboxylic acids is 1. The summed E-state index contributed by atoms with van der Waals surface area (Å²) in [6.07, 6.45) is 1.61. The maximum Gasteiger partial charge on any atom is 0.276 e. The van der Waals surface area contributed by atoms with E-state index in [1.807, 2.05) is 13.0 Å². The van der Waals surface area contributed by atoms with Gasteiger partial charge in [-0.3, -0.25) is 9.48 Å². The van der Waals surface area contributed by atoms with Crippen LogP contribution in [-0.2, 0) is 7.05 Å². The quantitative estimate of drug-likeness (QED) is 0.846. The van der Waals surface area contributed by atoms with Gasteiger partial charge in [-0.25, -0.2) is 4.39 Å². The normalized spacial score (nSPS) is 18.3. The molecule has 1 atom stereocenters. The molecule has 23 heavy (non-hydrogen) atoms. The zero-order chi connectivity index (χ0) is 16.6. The van der Waals surface area contributed by atoms with Gasteiger partial charge in [-0.15, -0.1) is 0 Å². The third kappa shape index (κ3) is 3.17. The Balaban J connectivity index is 1.73. The monoisotopic (exact) mass is 336 g/mol. The number of benzene rings is 1. The maximum atomic E-state index is 13.4. The molecular formula is C16H18ClFN4O. The number of amides is 1. The smallest absolute Gasteiger partial charge is 0.276 e. The summed E-state index contributed by atoms with van der Waals surface area (Å²) in [6.45, 7) is 3.75. The first-order valence-corrected chi connectivity index (χ1v) is 7.84. The van der Waals surface area contributed by atoms with Gasteiger partial charge in [-0.2, -0.15) is 5.10 Å². The van der Waals surface area contributed by atoms with Gasteiger partial charge in [0.2, 0.25) is 0 Å². The Morgan fingerprint density at radius 3 is 2.78 bits per heavy atom. The highest BCUT2D eigenvalue weighted by molar-refractivity contribution is 6.33. The van der Waals surface area contributed by atoms with Gasteiger partial charge in [0.05, 0.1) is 5.02 Å². The fraction of sp³-hybridized carbons (Fsp3) is 0.375. The maximum absolute atomic E-state index is 13.4. The van der Waals surface area contributed by atoms with Crippen LogP contribution in [0.15, 0.2) is 30.5 Å². The summed E-state index contributed by atoms with van der Waals surface area (Å²) >= 11 is 6.05. The Labute approximate surface area is 139 Å². The van der Waals surface area contributed by atoms with E-state index in [2.05, 4.69) is 10.00 Å². The minimum atomic E-state index is -0.256. The van der Waals surface area contributed by atoms with Crippen LogP contribution in [0, 0.1) is 5.82 Å². The van der Waals surface area contributed by atoms with Crippen molar-refractivity contribution in [1.29, 1.82) is 0 Å². The second-order valence-corrected chi connectivity index (χ2v) is 6.18. The second-order valence-electron chi connectivity index (χ2n) is 5.77. The van der Waals surface area contributed by atoms with Crippen LogP contribution in [0.1, 0.15) is 17.4 Å². The largest absolute Gasteiger partial charge is 0.365 e. The topological polar surface area (TPSA) is 41.4 Å². The molecule has 1 aliphatic heterocycles. The molecule has 0 bridgehead atoms. The number of aromatic nitrogens is 2. The first-order chi connectivity index (χ1) is 11.0. The number of piperazine rings is 1. The molecule has 0 radical (unpaired) electrons. The molecule has 7 heteroatoms. The van der Waals surface area contributed by atoms with Crippen molar-refractivity contribution in [3.8, 4) is 0 Å². The van der Waals surface area contributed by atoms with E-state index in [4.69, 9.17) is 11.6 Å². The van der Waals surface area contributed by atoms with Crippen molar-refractivity contribution in [2.75, 3.05) is 24.5 Å². The van der Waals surface area contributed by atoms with Gasteiger partial charge in [0.1, 0.15) is 5.82 Å². The first kappa shape index (κ1) is 15.8. The molecule has 0 saturated carbocycles. The average molecular weight is 337 g/mol. The Bertz CT molecular complexity index is 733. The van der Waals surface area contributed by atoms with E-state index in [0.717, 1.165) is 5.69 Å². The number of aryl methyl sites for hydroxylation is 1. The van der Waals surface area contributed by atoms with Crippen molar-refractivity contribution >= 4 is 23.2 Å². The predicted octanol–water partition coefficient (Wildman–Crippen LogP) is 2.56. The van der Waals surface area contributed by atoms with Crippen LogP contribution >= 0.6 is 11.6 Å². The third-order valence-corrected chi connectivity index (χ3v) is 4.32. The Morgan fingerprint density at radius 1 is 1.39 bits per heavy atom. The number of nitrogens with zero attached hydrogens (tertiary/aromatic N) is 4. The van der Waals surface area contributed by atoms with E-state index < -0.39 is 0 Å². The van der Waals surface area contributed by atoms with Crippen LogP contribution in [0.5, 0.6) is 0 Å². The fourth-order valence-electron chi connectivity index (χ4n) is 2.93. The minimum absolute atomic E-state index is 0.0805. The summed E-state index contributed by atoms with van der Waals surface area (Å²) in [5.74, 6) is -0.421. The highest BCUT2D eigenvalue weighted by atomic mass is 35.5. The molecule has 2 aromatic rings.